The van der Waals surface area contributed by atoms with Crippen LogP contribution in [0, 0.1) is 10.1 Å². The van der Waals surface area contributed by atoms with Crippen molar-refractivity contribution in [2.75, 3.05) is 11.9 Å². The molecule has 0 radical (unpaired) electrons. The van der Waals surface area contributed by atoms with Crippen molar-refractivity contribution in [1.29, 1.82) is 0 Å². The summed E-state index contributed by atoms with van der Waals surface area (Å²) in [7, 11) is 0. The normalized spacial score (nSPS) is 18.0. The lowest BCUT2D eigenvalue weighted by Gasteiger charge is -2.32. The zero-order chi connectivity index (χ0) is 13.9. The SMILES string of the molecule is O=[N+]([O-])c1cncc(Br)c1NCC1(O)CCCCC1. The third-order valence-corrected chi connectivity index (χ3v) is 4.06. The van der Waals surface area contributed by atoms with Gasteiger partial charge < -0.3 is 10.4 Å². The molecule has 0 bridgehead atoms. The summed E-state index contributed by atoms with van der Waals surface area (Å²) in [4.78, 5) is 14.3. The van der Waals surface area contributed by atoms with Crippen LogP contribution in [-0.2, 0) is 0 Å². The predicted octanol–water partition coefficient (Wildman–Crippen LogP) is 2.86. The summed E-state index contributed by atoms with van der Waals surface area (Å²) < 4.78 is 0.529. The lowest BCUT2D eigenvalue weighted by Crippen LogP contribution is -2.38. The third-order valence-electron chi connectivity index (χ3n) is 3.45. The molecule has 1 aliphatic rings. The first-order valence-corrected chi connectivity index (χ1v) is 7.05. The second kappa shape index (κ2) is 5.83. The molecule has 0 unspecified atom stereocenters. The molecule has 2 N–H and O–H groups in total. The first-order chi connectivity index (χ1) is 9.02. The maximum absolute atomic E-state index is 10.9. The van der Waals surface area contributed by atoms with Gasteiger partial charge in [0.05, 0.1) is 15.0 Å². The molecule has 0 aliphatic heterocycles. The largest absolute Gasteiger partial charge is 0.388 e. The molecule has 1 aromatic heterocycles. The van der Waals surface area contributed by atoms with E-state index in [0.717, 1.165) is 32.1 Å². The Morgan fingerprint density at radius 1 is 1.42 bits per heavy atom. The molecule has 0 aromatic carbocycles. The number of pyridine rings is 1. The van der Waals surface area contributed by atoms with Crippen LogP contribution in [0.1, 0.15) is 32.1 Å². The van der Waals surface area contributed by atoms with Crippen molar-refractivity contribution in [2.45, 2.75) is 37.7 Å². The Kier molecular flexibility index (Phi) is 4.36. The average molecular weight is 330 g/mol. The molecule has 0 spiro atoms. The topological polar surface area (TPSA) is 88.3 Å². The van der Waals surface area contributed by atoms with Gasteiger partial charge in [-0.05, 0) is 28.8 Å². The maximum Gasteiger partial charge on any atom is 0.311 e. The van der Waals surface area contributed by atoms with Crippen LogP contribution in [0.5, 0.6) is 0 Å². The molecule has 7 heteroatoms. The highest BCUT2D eigenvalue weighted by Gasteiger charge is 2.30. The molecule has 0 atom stereocenters. The Labute approximate surface area is 119 Å². The minimum atomic E-state index is -0.769. The second-order valence-corrected chi connectivity index (χ2v) is 5.77. The van der Waals surface area contributed by atoms with Crippen molar-refractivity contribution < 1.29 is 10.0 Å². The Morgan fingerprint density at radius 3 is 2.74 bits per heavy atom. The van der Waals surface area contributed by atoms with Gasteiger partial charge in [-0.2, -0.15) is 0 Å². The number of nitro groups is 1. The number of nitrogens with zero attached hydrogens (tertiary/aromatic N) is 2. The number of aromatic nitrogens is 1. The van der Waals surface area contributed by atoms with E-state index in [-0.39, 0.29) is 5.69 Å². The summed E-state index contributed by atoms with van der Waals surface area (Å²) in [6, 6.07) is 0. The Balaban J connectivity index is 2.12. The molecule has 1 heterocycles. The zero-order valence-electron chi connectivity index (χ0n) is 10.4. The van der Waals surface area contributed by atoms with Crippen LogP contribution in [0.25, 0.3) is 0 Å². The minimum Gasteiger partial charge on any atom is -0.388 e. The standard InChI is InChI=1S/C12H16BrN3O3/c13-9-6-14-7-10(16(18)19)11(9)15-8-12(17)4-2-1-3-5-12/h6-7,17H,1-5,8H2,(H,14,15). The fourth-order valence-electron chi connectivity index (χ4n) is 2.38. The van der Waals surface area contributed by atoms with E-state index >= 15 is 0 Å². The van der Waals surface area contributed by atoms with Gasteiger partial charge in [0.1, 0.15) is 11.9 Å². The molecule has 19 heavy (non-hydrogen) atoms. The molecule has 1 aliphatic carbocycles. The van der Waals surface area contributed by atoms with Crippen molar-refractivity contribution >= 4 is 27.3 Å². The average Bonchev–Trinajstić information content (AvgIpc) is 2.38. The van der Waals surface area contributed by atoms with Crippen LogP contribution < -0.4 is 5.32 Å². The minimum absolute atomic E-state index is 0.0891. The summed E-state index contributed by atoms with van der Waals surface area (Å²) in [5.41, 5.74) is -0.484. The van der Waals surface area contributed by atoms with Gasteiger partial charge in [-0.1, -0.05) is 19.3 Å². The van der Waals surface area contributed by atoms with E-state index in [0.29, 0.717) is 16.7 Å². The van der Waals surface area contributed by atoms with Crippen molar-refractivity contribution in [2.24, 2.45) is 0 Å². The van der Waals surface area contributed by atoms with Gasteiger partial charge in [0.25, 0.3) is 0 Å². The van der Waals surface area contributed by atoms with Crippen molar-refractivity contribution in [3.05, 3.63) is 27.0 Å². The van der Waals surface area contributed by atoms with Crippen LogP contribution in [0.2, 0.25) is 0 Å². The number of rotatable bonds is 4. The zero-order valence-corrected chi connectivity index (χ0v) is 12.0. The van der Waals surface area contributed by atoms with Crippen molar-refractivity contribution in [3.8, 4) is 0 Å². The third kappa shape index (κ3) is 3.42. The summed E-state index contributed by atoms with van der Waals surface area (Å²) in [6.45, 7) is 0.316. The summed E-state index contributed by atoms with van der Waals surface area (Å²) in [5, 5.41) is 24.3. The van der Waals surface area contributed by atoms with E-state index in [1.165, 1.54) is 12.4 Å². The summed E-state index contributed by atoms with van der Waals surface area (Å²) in [5.74, 6) is 0. The second-order valence-electron chi connectivity index (χ2n) is 4.91. The van der Waals surface area contributed by atoms with Crippen molar-refractivity contribution in [3.63, 3.8) is 0 Å². The molecule has 2 rings (SSSR count). The number of halogens is 1. The van der Waals surface area contributed by atoms with Crippen LogP contribution in [0.3, 0.4) is 0 Å². The molecular weight excluding hydrogens is 314 g/mol. The van der Waals surface area contributed by atoms with Gasteiger partial charge in [-0.3, -0.25) is 15.1 Å². The molecule has 1 saturated carbocycles. The van der Waals surface area contributed by atoms with Crippen LogP contribution in [-0.4, -0.2) is 27.2 Å². The van der Waals surface area contributed by atoms with E-state index in [4.69, 9.17) is 0 Å². The number of hydrogen-bond donors (Lipinski definition) is 2. The van der Waals surface area contributed by atoms with E-state index < -0.39 is 10.5 Å². The highest BCUT2D eigenvalue weighted by molar-refractivity contribution is 9.10. The fraction of sp³-hybridized carbons (Fsp3) is 0.583. The molecule has 1 fully saturated rings. The lowest BCUT2D eigenvalue weighted by atomic mass is 9.85. The molecule has 0 amide bonds. The molecular formula is C12H16BrN3O3. The number of aliphatic hydroxyl groups is 1. The Hall–Kier alpha value is -1.21. The maximum atomic E-state index is 10.9. The molecule has 1 aromatic rings. The highest BCUT2D eigenvalue weighted by atomic mass is 79.9. The highest BCUT2D eigenvalue weighted by Crippen LogP contribution is 2.33. The lowest BCUT2D eigenvalue weighted by molar-refractivity contribution is -0.384. The van der Waals surface area contributed by atoms with Gasteiger partial charge in [-0.25, -0.2) is 0 Å². The first kappa shape index (κ1) is 14.2. The molecule has 104 valence electrons. The van der Waals surface area contributed by atoms with Crippen molar-refractivity contribution in [1.82, 2.24) is 4.98 Å². The van der Waals surface area contributed by atoms with Gasteiger partial charge >= 0.3 is 5.69 Å². The first-order valence-electron chi connectivity index (χ1n) is 6.26. The molecule has 0 saturated heterocycles. The van der Waals surface area contributed by atoms with Gasteiger partial charge in [0.2, 0.25) is 0 Å². The van der Waals surface area contributed by atoms with Crippen LogP contribution in [0.4, 0.5) is 11.4 Å². The Bertz CT molecular complexity index is 475. The van der Waals surface area contributed by atoms with Crippen LogP contribution >= 0.6 is 15.9 Å². The molecule has 6 nitrogen and oxygen atoms in total. The summed E-state index contributed by atoms with van der Waals surface area (Å²) >= 11 is 3.25. The predicted molar refractivity (Wildman–Crippen MR) is 75.1 cm³/mol. The number of anilines is 1. The van der Waals surface area contributed by atoms with E-state index in [1.54, 1.807) is 0 Å². The smallest absolute Gasteiger partial charge is 0.311 e. The number of nitrogens with one attached hydrogen (secondary N) is 1. The van der Waals surface area contributed by atoms with Gasteiger partial charge in [0, 0.05) is 12.7 Å². The number of hydrogen-bond acceptors (Lipinski definition) is 5. The van der Waals surface area contributed by atoms with Crippen LogP contribution in [0.15, 0.2) is 16.9 Å². The Morgan fingerprint density at radius 2 is 2.11 bits per heavy atom. The van der Waals surface area contributed by atoms with Gasteiger partial charge in [0.15, 0.2) is 0 Å². The van der Waals surface area contributed by atoms with E-state index in [1.807, 2.05) is 0 Å². The monoisotopic (exact) mass is 329 g/mol. The van der Waals surface area contributed by atoms with E-state index in [9.17, 15) is 15.2 Å². The van der Waals surface area contributed by atoms with Gasteiger partial charge in [-0.15, -0.1) is 0 Å². The fourth-order valence-corrected chi connectivity index (χ4v) is 2.84. The van der Waals surface area contributed by atoms with E-state index in [2.05, 4.69) is 26.2 Å². The summed E-state index contributed by atoms with van der Waals surface area (Å²) in [6.07, 6.45) is 7.31. The quantitative estimate of drug-likeness (QED) is 0.655.